The highest BCUT2D eigenvalue weighted by Crippen LogP contribution is 2.43. The molecule has 6 heteroatoms. The van der Waals surface area contributed by atoms with Crippen molar-refractivity contribution in [3.8, 4) is 0 Å². The molecule has 2 saturated heterocycles. The first-order chi connectivity index (χ1) is 8.97. The van der Waals surface area contributed by atoms with Gasteiger partial charge in [-0.15, -0.1) is 0 Å². The summed E-state index contributed by atoms with van der Waals surface area (Å²) >= 11 is 0. The molecule has 0 aromatic rings. The number of carbonyl (C=O) groups excluding carboxylic acids is 4. The fraction of sp³-hybridized carbons (Fsp3) is 0.538. The summed E-state index contributed by atoms with van der Waals surface area (Å²) in [7, 11) is 0. The number of esters is 4. The minimum atomic E-state index is -0.549. The number of hydrogen-bond donors (Lipinski definition) is 0. The molecule has 2 heterocycles. The number of carbonyl (C=O) groups is 4. The highest BCUT2D eigenvalue weighted by molar-refractivity contribution is 5.99. The molecule has 0 N–H and O–H groups in total. The second kappa shape index (κ2) is 4.01. The van der Waals surface area contributed by atoms with E-state index in [1.165, 1.54) is 0 Å². The SMILES string of the molecule is CC1=C[C@@H]([C@@H]2CC(=O)OC2=O)C[C@@H]2C(=O)OC(=O)[C@@H]12. The van der Waals surface area contributed by atoms with E-state index in [0.29, 0.717) is 6.42 Å². The molecule has 3 aliphatic rings. The van der Waals surface area contributed by atoms with E-state index in [4.69, 9.17) is 0 Å². The second-order valence-electron chi connectivity index (χ2n) is 5.24. The summed E-state index contributed by atoms with van der Waals surface area (Å²) < 4.78 is 9.17. The minimum Gasteiger partial charge on any atom is -0.393 e. The van der Waals surface area contributed by atoms with Crippen LogP contribution in [0.15, 0.2) is 11.6 Å². The Labute approximate surface area is 108 Å². The molecule has 0 spiro atoms. The van der Waals surface area contributed by atoms with Gasteiger partial charge in [-0.05, 0) is 19.3 Å². The van der Waals surface area contributed by atoms with Crippen molar-refractivity contribution in [3.05, 3.63) is 11.6 Å². The standard InChI is InChI=1S/C13H12O6/c1-5-2-6(7-4-9(14)18-11(7)15)3-8-10(5)13(17)19-12(8)16/h2,6-8,10H,3-4H2,1H3/t6-,7+,8+,10+/m1/s1. The second-order valence-corrected chi connectivity index (χ2v) is 5.24. The van der Waals surface area contributed by atoms with E-state index in [2.05, 4.69) is 9.47 Å². The molecule has 2 aliphatic heterocycles. The first kappa shape index (κ1) is 12.1. The smallest absolute Gasteiger partial charge is 0.321 e. The van der Waals surface area contributed by atoms with Crippen molar-refractivity contribution in [1.29, 1.82) is 0 Å². The molecule has 0 aromatic heterocycles. The molecule has 0 saturated carbocycles. The van der Waals surface area contributed by atoms with Gasteiger partial charge in [-0.25, -0.2) is 0 Å². The van der Waals surface area contributed by atoms with Crippen LogP contribution < -0.4 is 0 Å². The van der Waals surface area contributed by atoms with Crippen LogP contribution in [0.1, 0.15) is 19.8 Å². The third-order valence-electron chi connectivity index (χ3n) is 4.07. The van der Waals surface area contributed by atoms with Crippen molar-refractivity contribution in [2.24, 2.45) is 23.7 Å². The average Bonchev–Trinajstić information content (AvgIpc) is 2.80. The van der Waals surface area contributed by atoms with E-state index < -0.39 is 41.6 Å². The van der Waals surface area contributed by atoms with Crippen LogP contribution in [0, 0.1) is 23.7 Å². The van der Waals surface area contributed by atoms with Gasteiger partial charge in [0.1, 0.15) is 0 Å². The van der Waals surface area contributed by atoms with Crippen LogP contribution in [-0.4, -0.2) is 23.9 Å². The van der Waals surface area contributed by atoms with Crippen LogP contribution in [-0.2, 0) is 28.7 Å². The Bertz CT molecular complexity index is 531. The van der Waals surface area contributed by atoms with Crippen molar-refractivity contribution < 1.29 is 28.7 Å². The minimum absolute atomic E-state index is 0.0354. The largest absolute Gasteiger partial charge is 0.393 e. The Morgan fingerprint density at radius 2 is 1.68 bits per heavy atom. The first-order valence-corrected chi connectivity index (χ1v) is 6.15. The van der Waals surface area contributed by atoms with Gasteiger partial charge in [0.15, 0.2) is 0 Å². The molecule has 3 rings (SSSR count). The summed E-state index contributed by atoms with van der Waals surface area (Å²) in [5, 5.41) is 0. The molecule has 1 aliphatic carbocycles. The molecule has 0 radical (unpaired) electrons. The van der Waals surface area contributed by atoms with Crippen LogP contribution >= 0.6 is 0 Å². The summed E-state index contributed by atoms with van der Waals surface area (Å²) in [5.74, 6) is -4.01. The van der Waals surface area contributed by atoms with Crippen molar-refractivity contribution in [3.63, 3.8) is 0 Å². The maximum Gasteiger partial charge on any atom is 0.321 e. The van der Waals surface area contributed by atoms with Gasteiger partial charge in [0, 0.05) is 0 Å². The fourth-order valence-electron chi connectivity index (χ4n) is 3.18. The Hall–Kier alpha value is -1.98. The Morgan fingerprint density at radius 1 is 1.00 bits per heavy atom. The van der Waals surface area contributed by atoms with Crippen molar-refractivity contribution >= 4 is 23.9 Å². The monoisotopic (exact) mass is 264 g/mol. The fourth-order valence-corrected chi connectivity index (χ4v) is 3.18. The van der Waals surface area contributed by atoms with Gasteiger partial charge in [-0.3, -0.25) is 19.2 Å². The van der Waals surface area contributed by atoms with Crippen molar-refractivity contribution in [1.82, 2.24) is 0 Å². The average molecular weight is 264 g/mol. The molecule has 0 aromatic carbocycles. The molecular formula is C13H12O6. The summed E-state index contributed by atoms with van der Waals surface area (Å²) in [5.41, 5.74) is 0.726. The zero-order valence-electron chi connectivity index (χ0n) is 10.3. The number of allylic oxidation sites excluding steroid dienone is 1. The zero-order valence-corrected chi connectivity index (χ0v) is 10.3. The van der Waals surface area contributed by atoms with Gasteiger partial charge < -0.3 is 9.47 Å². The van der Waals surface area contributed by atoms with E-state index in [-0.39, 0.29) is 12.3 Å². The van der Waals surface area contributed by atoms with Crippen LogP contribution in [0.5, 0.6) is 0 Å². The Morgan fingerprint density at radius 3 is 2.32 bits per heavy atom. The van der Waals surface area contributed by atoms with Crippen LogP contribution in [0.4, 0.5) is 0 Å². The number of hydrogen-bond acceptors (Lipinski definition) is 6. The van der Waals surface area contributed by atoms with Gasteiger partial charge in [-0.1, -0.05) is 11.6 Å². The van der Waals surface area contributed by atoms with E-state index >= 15 is 0 Å². The van der Waals surface area contributed by atoms with Crippen LogP contribution in [0.25, 0.3) is 0 Å². The van der Waals surface area contributed by atoms with Gasteiger partial charge in [-0.2, -0.15) is 0 Å². The lowest BCUT2D eigenvalue weighted by molar-refractivity contribution is -0.155. The van der Waals surface area contributed by atoms with Crippen LogP contribution in [0.3, 0.4) is 0 Å². The van der Waals surface area contributed by atoms with E-state index in [9.17, 15) is 19.2 Å². The summed E-state index contributed by atoms with van der Waals surface area (Å²) in [6.07, 6.45) is 2.18. The molecule has 0 amide bonds. The summed E-state index contributed by atoms with van der Waals surface area (Å²) in [6.45, 7) is 1.74. The zero-order chi connectivity index (χ0) is 13.7. The summed E-state index contributed by atoms with van der Waals surface area (Å²) in [6, 6.07) is 0. The highest BCUT2D eigenvalue weighted by atomic mass is 16.6. The van der Waals surface area contributed by atoms with E-state index in [1.54, 1.807) is 13.0 Å². The first-order valence-electron chi connectivity index (χ1n) is 6.15. The molecule has 6 nitrogen and oxygen atoms in total. The van der Waals surface area contributed by atoms with Crippen molar-refractivity contribution in [2.45, 2.75) is 19.8 Å². The number of ether oxygens (including phenoxy) is 2. The van der Waals surface area contributed by atoms with E-state index in [1.807, 2.05) is 0 Å². The summed E-state index contributed by atoms with van der Waals surface area (Å²) in [4.78, 5) is 45.9. The quantitative estimate of drug-likeness (QED) is 0.386. The third kappa shape index (κ3) is 1.78. The molecule has 0 unspecified atom stereocenters. The number of cyclic esters (lactones) is 4. The lowest BCUT2D eigenvalue weighted by atomic mass is 9.72. The topological polar surface area (TPSA) is 86.7 Å². The van der Waals surface area contributed by atoms with Gasteiger partial charge in [0.2, 0.25) is 0 Å². The van der Waals surface area contributed by atoms with Gasteiger partial charge >= 0.3 is 23.9 Å². The molecule has 2 fully saturated rings. The Kier molecular flexibility index (Phi) is 2.55. The molecule has 0 bridgehead atoms. The van der Waals surface area contributed by atoms with Gasteiger partial charge in [0.05, 0.1) is 24.2 Å². The normalized spacial score (nSPS) is 37.8. The molecule has 19 heavy (non-hydrogen) atoms. The maximum atomic E-state index is 11.6. The van der Waals surface area contributed by atoms with Crippen molar-refractivity contribution in [2.75, 3.05) is 0 Å². The number of rotatable bonds is 1. The third-order valence-corrected chi connectivity index (χ3v) is 4.07. The maximum absolute atomic E-state index is 11.6. The number of fused-ring (bicyclic) bond motifs is 1. The Balaban J connectivity index is 1.89. The lowest BCUT2D eigenvalue weighted by Gasteiger charge is -2.27. The lowest BCUT2D eigenvalue weighted by Crippen LogP contribution is -2.31. The van der Waals surface area contributed by atoms with Gasteiger partial charge in [0.25, 0.3) is 0 Å². The molecule has 100 valence electrons. The van der Waals surface area contributed by atoms with E-state index in [0.717, 1.165) is 5.57 Å². The molecular weight excluding hydrogens is 252 g/mol. The van der Waals surface area contributed by atoms with Crippen LogP contribution in [0.2, 0.25) is 0 Å². The predicted molar refractivity (Wildman–Crippen MR) is 59.1 cm³/mol. The highest BCUT2D eigenvalue weighted by Gasteiger charge is 2.51. The predicted octanol–water partition coefficient (Wildman–Crippen LogP) is 0.358. The molecule has 4 atom stereocenters.